The van der Waals surface area contributed by atoms with E-state index in [-0.39, 0.29) is 18.4 Å². The fourth-order valence-electron chi connectivity index (χ4n) is 2.12. The van der Waals surface area contributed by atoms with Gasteiger partial charge in [0.05, 0.1) is 12.0 Å². The maximum absolute atomic E-state index is 12.4. The Hall–Kier alpha value is -1.10. The van der Waals surface area contributed by atoms with Gasteiger partial charge in [0.2, 0.25) is 11.8 Å². The first-order valence-electron chi connectivity index (χ1n) is 6.74. The van der Waals surface area contributed by atoms with Crippen LogP contribution < -0.4 is 11.1 Å². The van der Waals surface area contributed by atoms with Crippen LogP contribution in [0.3, 0.4) is 0 Å². The third-order valence-electron chi connectivity index (χ3n) is 3.87. The fraction of sp³-hybridized carbons (Fsp3) is 0.846. The van der Waals surface area contributed by atoms with Gasteiger partial charge in [-0.2, -0.15) is 0 Å². The predicted octanol–water partition coefficient (Wildman–Crippen LogP) is 0.489. The van der Waals surface area contributed by atoms with Crippen LogP contribution in [0, 0.1) is 5.41 Å². The molecule has 0 aromatic carbocycles. The first-order chi connectivity index (χ1) is 8.49. The van der Waals surface area contributed by atoms with E-state index >= 15 is 0 Å². The van der Waals surface area contributed by atoms with Crippen molar-refractivity contribution in [2.75, 3.05) is 20.1 Å². The van der Waals surface area contributed by atoms with Crippen molar-refractivity contribution in [3.05, 3.63) is 0 Å². The van der Waals surface area contributed by atoms with Crippen LogP contribution in [0.5, 0.6) is 0 Å². The molecule has 0 atom stereocenters. The number of likely N-dealkylation sites (N-methyl/N-ethyl adjacent to an activating group) is 1. The molecule has 1 rings (SSSR count). The van der Waals surface area contributed by atoms with E-state index in [1.165, 1.54) is 4.90 Å². The average Bonchev–Trinajstić information content (AvgIpc) is 3.15. The van der Waals surface area contributed by atoms with Crippen LogP contribution >= 0.6 is 0 Å². The molecule has 0 bridgehead atoms. The molecule has 104 valence electrons. The molecule has 5 heteroatoms. The Labute approximate surface area is 109 Å². The van der Waals surface area contributed by atoms with Crippen molar-refractivity contribution >= 4 is 11.8 Å². The van der Waals surface area contributed by atoms with Gasteiger partial charge >= 0.3 is 0 Å². The Balaban J connectivity index is 2.55. The second-order valence-corrected chi connectivity index (χ2v) is 5.19. The molecular formula is C13H25N3O2. The van der Waals surface area contributed by atoms with E-state index in [4.69, 9.17) is 5.73 Å². The summed E-state index contributed by atoms with van der Waals surface area (Å²) in [5.41, 5.74) is 5.22. The molecule has 1 saturated carbocycles. The van der Waals surface area contributed by atoms with Crippen molar-refractivity contribution in [2.24, 2.45) is 11.1 Å². The van der Waals surface area contributed by atoms with E-state index in [2.05, 4.69) is 5.32 Å². The first kappa shape index (κ1) is 15.0. The number of nitrogens with zero attached hydrogens (tertiary/aromatic N) is 1. The van der Waals surface area contributed by atoms with Gasteiger partial charge in [0, 0.05) is 19.6 Å². The average molecular weight is 255 g/mol. The van der Waals surface area contributed by atoms with E-state index in [1.54, 1.807) is 7.05 Å². The Morgan fingerprint density at radius 2 is 1.89 bits per heavy atom. The molecule has 1 aliphatic carbocycles. The van der Waals surface area contributed by atoms with Crippen LogP contribution in [0.4, 0.5) is 0 Å². The quantitative estimate of drug-likeness (QED) is 0.695. The number of carbonyl (C=O) groups is 2. The number of hydrogen-bond acceptors (Lipinski definition) is 3. The zero-order valence-electron chi connectivity index (χ0n) is 11.7. The number of nitrogens with two attached hydrogens (primary N) is 1. The smallest absolute Gasteiger partial charge is 0.239 e. The van der Waals surface area contributed by atoms with Crippen LogP contribution in [0.15, 0.2) is 0 Å². The molecule has 0 spiro atoms. The standard InChI is InChI=1S/C13H25N3O2/c1-4-13(5-2,9-14)12(18)16(3)8-11(17)15-10-6-7-10/h10H,4-9,14H2,1-3H3,(H,15,17). The second kappa shape index (κ2) is 6.18. The number of rotatable bonds is 7. The third kappa shape index (κ3) is 3.45. The number of amides is 2. The molecule has 0 saturated heterocycles. The first-order valence-corrected chi connectivity index (χ1v) is 6.74. The van der Waals surface area contributed by atoms with E-state index < -0.39 is 5.41 Å². The van der Waals surface area contributed by atoms with Crippen molar-refractivity contribution in [2.45, 2.75) is 45.6 Å². The molecule has 18 heavy (non-hydrogen) atoms. The lowest BCUT2D eigenvalue weighted by Gasteiger charge is -2.33. The van der Waals surface area contributed by atoms with Crippen molar-refractivity contribution < 1.29 is 9.59 Å². The van der Waals surface area contributed by atoms with E-state index in [0.717, 1.165) is 12.8 Å². The summed E-state index contributed by atoms with van der Waals surface area (Å²) in [6.45, 7) is 4.38. The molecule has 0 aliphatic heterocycles. The van der Waals surface area contributed by atoms with Crippen molar-refractivity contribution in [3.63, 3.8) is 0 Å². The summed E-state index contributed by atoms with van der Waals surface area (Å²) in [5, 5.41) is 2.88. The van der Waals surface area contributed by atoms with E-state index in [1.807, 2.05) is 13.8 Å². The molecular weight excluding hydrogens is 230 g/mol. The van der Waals surface area contributed by atoms with Crippen LogP contribution in [-0.4, -0.2) is 42.9 Å². The summed E-state index contributed by atoms with van der Waals surface area (Å²) in [5.74, 6) is -0.104. The molecule has 1 fully saturated rings. The van der Waals surface area contributed by atoms with Gasteiger partial charge in [0.15, 0.2) is 0 Å². The Morgan fingerprint density at radius 3 is 2.28 bits per heavy atom. The summed E-state index contributed by atoms with van der Waals surface area (Å²) in [6.07, 6.45) is 3.51. The van der Waals surface area contributed by atoms with Crippen molar-refractivity contribution in [3.8, 4) is 0 Å². The highest BCUT2D eigenvalue weighted by Gasteiger charge is 2.36. The molecule has 0 aromatic rings. The highest BCUT2D eigenvalue weighted by molar-refractivity contribution is 5.88. The van der Waals surface area contributed by atoms with Gasteiger partial charge in [-0.25, -0.2) is 0 Å². The highest BCUT2D eigenvalue weighted by atomic mass is 16.2. The van der Waals surface area contributed by atoms with Gasteiger partial charge in [-0.1, -0.05) is 13.8 Å². The molecule has 3 N–H and O–H groups in total. The summed E-state index contributed by atoms with van der Waals surface area (Å²) in [4.78, 5) is 25.5. The van der Waals surface area contributed by atoms with Crippen molar-refractivity contribution in [1.29, 1.82) is 0 Å². The minimum Gasteiger partial charge on any atom is -0.352 e. The topological polar surface area (TPSA) is 75.4 Å². The zero-order chi connectivity index (χ0) is 13.8. The summed E-state index contributed by atoms with van der Waals surface area (Å²) < 4.78 is 0. The lowest BCUT2D eigenvalue weighted by molar-refractivity contribution is -0.143. The summed E-state index contributed by atoms with van der Waals surface area (Å²) >= 11 is 0. The number of nitrogens with one attached hydrogen (secondary N) is 1. The molecule has 1 aliphatic rings. The fourth-order valence-corrected chi connectivity index (χ4v) is 2.12. The Morgan fingerprint density at radius 1 is 1.33 bits per heavy atom. The van der Waals surface area contributed by atoms with Crippen LogP contribution in [0.2, 0.25) is 0 Å². The van der Waals surface area contributed by atoms with Crippen LogP contribution in [0.25, 0.3) is 0 Å². The normalized spacial score (nSPS) is 15.3. The summed E-state index contributed by atoms with van der Waals surface area (Å²) in [7, 11) is 1.67. The summed E-state index contributed by atoms with van der Waals surface area (Å²) in [6, 6.07) is 0.331. The maximum Gasteiger partial charge on any atom is 0.239 e. The SMILES string of the molecule is CCC(CC)(CN)C(=O)N(C)CC(=O)NC1CC1. The third-order valence-corrected chi connectivity index (χ3v) is 3.87. The Kier molecular flexibility index (Phi) is 5.14. The van der Waals surface area contributed by atoms with Crippen LogP contribution in [-0.2, 0) is 9.59 Å². The number of hydrogen-bond donors (Lipinski definition) is 2. The molecule has 0 unspecified atom stereocenters. The van der Waals surface area contributed by atoms with Gasteiger partial charge in [-0.15, -0.1) is 0 Å². The van der Waals surface area contributed by atoms with Crippen LogP contribution in [0.1, 0.15) is 39.5 Å². The molecule has 0 radical (unpaired) electrons. The van der Waals surface area contributed by atoms with Gasteiger partial charge in [0.25, 0.3) is 0 Å². The number of carbonyl (C=O) groups excluding carboxylic acids is 2. The zero-order valence-corrected chi connectivity index (χ0v) is 11.7. The largest absolute Gasteiger partial charge is 0.352 e. The molecule has 0 heterocycles. The van der Waals surface area contributed by atoms with Gasteiger partial charge in [-0.05, 0) is 25.7 Å². The molecule has 5 nitrogen and oxygen atoms in total. The highest BCUT2D eigenvalue weighted by Crippen LogP contribution is 2.27. The molecule has 2 amide bonds. The van der Waals surface area contributed by atoms with Crippen molar-refractivity contribution in [1.82, 2.24) is 10.2 Å². The minimum atomic E-state index is -0.519. The van der Waals surface area contributed by atoms with Gasteiger partial charge in [-0.3, -0.25) is 9.59 Å². The second-order valence-electron chi connectivity index (χ2n) is 5.19. The minimum absolute atomic E-state index is 0.0269. The monoisotopic (exact) mass is 255 g/mol. The van der Waals surface area contributed by atoms with E-state index in [9.17, 15) is 9.59 Å². The lowest BCUT2D eigenvalue weighted by Crippen LogP contribution is -2.49. The Bertz CT molecular complexity index is 301. The molecule has 0 aromatic heterocycles. The predicted molar refractivity (Wildman–Crippen MR) is 70.9 cm³/mol. The lowest BCUT2D eigenvalue weighted by atomic mass is 9.81. The van der Waals surface area contributed by atoms with Gasteiger partial charge < -0.3 is 16.0 Å². The van der Waals surface area contributed by atoms with E-state index in [0.29, 0.717) is 25.4 Å². The van der Waals surface area contributed by atoms with Gasteiger partial charge in [0.1, 0.15) is 0 Å². The maximum atomic E-state index is 12.4.